The summed E-state index contributed by atoms with van der Waals surface area (Å²) in [4.78, 5) is 23.3. The normalized spacial score (nSPS) is 36.4. The molecule has 1 heterocycles. The third kappa shape index (κ3) is 3.96. The van der Waals surface area contributed by atoms with Gasteiger partial charge in [0, 0.05) is 0 Å². The number of hydrogen-bond acceptors (Lipinski definition) is 10. The molecule has 1 amide bonds. The fourth-order valence-corrected chi connectivity index (χ4v) is 2.35. The van der Waals surface area contributed by atoms with E-state index in [0.29, 0.717) is 12.5 Å². The Hall–Kier alpha value is -1.02. The number of halogens is 1. The summed E-state index contributed by atoms with van der Waals surface area (Å²) in [6.45, 7) is -0.962. The van der Waals surface area contributed by atoms with Gasteiger partial charge >= 0.3 is 11.8 Å². The number of ether oxygens (including phenoxy) is 2. The Labute approximate surface area is 142 Å². The number of aliphatic hydroxyl groups is 5. The van der Waals surface area contributed by atoms with Gasteiger partial charge in [-0.3, -0.25) is 4.79 Å². The molecule has 0 saturated carbocycles. The quantitative estimate of drug-likeness (QED) is 0.174. The Morgan fingerprint density at radius 1 is 1.54 bits per heavy atom. The number of thiol groups is 1. The average molecular weight is 375 g/mol. The molecule has 140 valence electrons. The SMILES string of the molecule is [3H]SCC(=O)N[C@H]1C(C(O)[C@H](O)CO)OC(O)(C(=O)OC)[C@H](F)[C@@H]1O. The Morgan fingerprint density at radius 3 is 2.67 bits per heavy atom. The van der Waals surface area contributed by atoms with Crippen LogP contribution < -0.4 is 5.32 Å². The van der Waals surface area contributed by atoms with Crippen molar-refractivity contribution in [3.63, 3.8) is 0 Å². The Balaban J connectivity index is 3.20. The van der Waals surface area contributed by atoms with E-state index in [0.717, 1.165) is 7.11 Å². The van der Waals surface area contributed by atoms with Gasteiger partial charge in [0.2, 0.25) is 5.91 Å². The van der Waals surface area contributed by atoms with Crippen LogP contribution in [-0.4, -0.2) is 100 Å². The number of aliphatic hydroxyl groups excluding tert-OH is 4. The van der Waals surface area contributed by atoms with Crippen LogP contribution in [0.1, 0.15) is 0 Å². The zero-order valence-electron chi connectivity index (χ0n) is 13.5. The van der Waals surface area contributed by atoms with Crippen molar-refractivity contribution in [3.8, 4) is 0 Å². The lowest BCUT2D eigenvalue weighted by atomic mass is 9.87. The van der Waals surface area contributed by atoms with Crippen LogP contribution >= 0.6 is 12.5 Å². The Bertz CT molecular complexity index is 490. The standard InChI is InChI=1S/C12H20FNO9S/c1-22-11(20)12(21)10(13)8(19)6(14-5(17)3-24)9(23-12)7(18)4(16)2-15/h4,6-10,15-16,18-19,21,24H,2-3H2,1H3,(H,14,17)/t4-,6-,7?,8-,9?,10-,12?/m1/s1/i/hT. The van der Waals surface area contributed by atoms with Gasteiger partial charge in [-0.15, -0.1) is 0 Å². The predicted octanol–water partition coefficient (Wildman–Crippen LogP) is -3.93. The summed E-state index contributed by atoms with van der Waals surface area (Å²) in [5, 5.41) is 50.7. The average Bonchev–Trinajstić information content (AvgIpc) is 2.60. The number of alkyl halides is 1. The molecule has 1 saturated heterocycles. The lowest BCUT2D eigenvalue weighted by molar-refractivity contribution is -0.321. The number of rotatable bonds is 7. The lowest BCUT2D eigenvalue weighted by Gasteiger charge is -2.46. The van der Waals surface area contributed by atoms with Crippen LogP contribution in [0.4, 0.5) is 4.39 Å². The van der Waals surface area contributed by atoms with Crippen LogP contribution in [0, 0.1) is 0 Å². The molecule has 1 rings (SSSR count). The first-order valence-electron chi connectivity index (χ1n) is 7.20. The van der Waals surface area contributed by atoms with Gasteiger partial charge in [-0.25, -0.2) is 9.18 Å². The van der Waals surface area contributed by atoms with Crippen molar-refractivity contribution >= 4 is 24.4 Å². The molecule has 12 heteroatoms. The van der Waals surface area contributed by atoms with Crippen molar-refractivity contribution < 1.29 is 49.0 Å². The van der Waals surface area contributed by atoms with Crippen molar-refractivity contribution in [1.82, 2.24) is 5.32 Å². The molecule has 1 aliphatic rings. The van der Waals surface area contributed by atoms with Gasteiger partial charge in [0.05, 0.1) is 25.5 Å². The molecular formula is C12H20FNO9S. The fraction of sp³-hybridized carbons (Fsp3) is 0.833. The lowest BCUT2D eigenvalue weighted by Crippen LogP contribution is -2.72. The van der Waals surface area contributed by atoms with Crippen LogP contribution in [0.3, 0.4) is 0 Å². The number of amides is 1. The van der Waals surface area contributed by atoms with Crippen LogP contribution in [0.25, 0.3) is 0 Å². The van der Waals surface area contributed by atoms with E-state index in [-0.39, 0.29) is 0 Å². The molecule has 3 unspecified atom stereocenters. The summed E-state index contributed by atoms with van der Waals surface area (Å²) in [6.07, 6.45) is -10.7. The number of carbonyl (C=O) groups excluding carboxylic acids is 2. The van der Waals surface area contributed by atoms with Crippen LogP contribution in [0.5, 0.6) is 0 Å². The van der Waals surface area contributed by atoms with E-state index in [1.165, 1.54) is 0 Å². The second-order valence-corrected chi connectivity index (χ2v) is 5.43. The predicted molar refractivity (Wildman–Crippen MR) is 77.6 cm³/mol. The highest BCUT2D eigenvalue weighted by atomic mass is 32.1. The molecule has 24 heavy (non-hydrogen) atoms. The highest BCUT2D eigenvalue weighted by molar-refractivity contribution is 7.81. The number of hydrogen-bond donors (Lipinski definition) is 7. The summed E-state index contributed by atoms with van der Waals surface area (Å²) < 4.78 is 30.3. The fourth-order valence-electron chi connectivity index (χ4n) is 2.26. The van der Waals surface area contributed by atoms with E-state index in [1.807, 2.05) is 0 Å². The van der Waals surface area contributed by atoms with Gasteiger partial charge in [0.15, 0.2) is 6.17 Å². The molecule has 1 fully saturated rings. The van der Waals surface area contributed by atoms with Crippen LogP contribution in [0.15, 0.2) is 0 Å². The molecule has 0 aromatic heterocycles. The van der Waals surface area contributed by atoms with Gasteiger partial charge in [0.25, 0.3) is 0 Å². The smallest absolute Gasteiger partial charge is 0.369 e. The first-order chi connectivity index (χ1) is 11.6. The largest absolute Gasteiger partial charge is 0.465 e. The first-order valence-corrected chi connectivity index (χ1v) is 7.36. The third-order valence-corrected chi connectivity index (χ3v) is 3.83. The van der Waals surface area contributed by atoms with Gasteiger partial charge < -0.3 is 40.3 Å². The molecular weight excluding hydrogens is 353 g/mol. The van der Waals surface area contributed by atoms with Gasteiger partial charge in [-0.1, -0.05) is 0 Å². The monoisotopic (exact) mass is 375 g/mol. The maximum atomic E-state index is 14.4. The minimum Gasteiger partial charge on any atom is -0.465 e. The molecule has 1 aliphatic heterocycles. The molecule has 7 atom stereocenters. The Kier molecular flexibility index (Phi) is 6.74. The second-order valence-electron chi connectivity index (χ2n) is 5.14. The zero-order valence-corrected chi connectivity index (χ0v) is 13.4. The number of nitrogens with one attached hydrogen (secondary N) is 1. The molecule has 0 radical (unpaired) electrons. The molecule has 0 aromatic carbocycles. The van der Waals surface area contributed by atoms with Crippen LogP contribution in [-0.2, 0) is 19.1 Å². The van der Waals surface area contributed by atoms with Crippen molar-refractivity contribution in [2.45, 2.75) is 42.4 Å². The highest BCUT2D eigenvalue weighted by Gasteiger charge is 2.61. The topological polar surface area (TPSA) is 166 Å². The summed E-state index contributed by atoms with van der Waals surface area (Å²) in [5.41, 5.74) is 0. The zero-order chi connectivity index (χ0) is 19.4. The Morgan fingerprint density at radius 2 is 2.17 bits per heavy atom. The third-order valence-electron chi connectivity index (χ3n) is 3.57. The molecule has 0 aliphatic carbocycles. The minimum absolute atomic E-state index is 0.375. The maximum absolute atomic E-state index is 14.4. The van der Waals surface area contributed by atoms with E-state index in [4.69, 9.17) is 11.0 Å². The van der Waals surface area contributed by atoms with Crippen molar-refractivity contribution in [2.24, 2.45) is 0 Å². The molecule has 0 bridgehead atoms. The number of esters is 1. The van der Waals surface area contributed by atoms with Crippen molar-refractivity contribution in [3.05, 3.63) is 0 Å². The summed E-state index contributed by atoms with van der Waals surface area (Å²) in [7, 11) is 0.816. The summed E-state index contributed by atoms with van der Waals surface area (Å²) in [6, 6.07) is -1.70. The number of methoxy groups -OCH3 is 1. The summed E-state index contributed by atoms with van der Waals surface area (Å²) in [5.74, 6) is -6.15. The van der Waals surface area contributed by atoms with E-state index in [9.17, 15) is 34.4 Å². The van der Waals surface area contributed by atoms with E-state index in [1.54, 1.807) is 0 Å². The molecule has 6 N–H and O–H groups in total. The first kappa shape index (κ1) is 19.3. The van der Waals surface area contributed by atoms with Crippen molar-refractivity contribution in [1.29, 1.82) is 1.12 Å². The number of carbonyl (C=O) groups is 2. The minimum atomic E-state index is -3.31. The summed E-state index contributed by atoms with van der Waals surface area (Å²) >= 11 is 0.375. The van der Waals surface area contributed by atoms with Gasteiger partial charge in [-0.05, 0) is 0 Å². The van der Waals surface area contributed by atoms with Gasteiger partial charge in [0.1, 0.15) is 25.5 Å². The van der Waals surface area contributed by atoms with E-state index in [2.05, 4.69) is 10.1 Å². The molecule has 0 spiro atoms. The van der Waals surface area contributed by atoms with E-state index < -0.39 is 66.7 Å². The van der Waals surface area contributed by atoms with Gasteiger partial charge in [-0.2, -0.15) is 12.5 Å². The second kappa shape index (κ2) is 8.38. The van der Waals surface area contributed by atoms with Crippen molar-refractivity contribution in [2.75, 3.05) is 19.5 Å². The molecule has 0 aromatic rings. The maximum Gasteiger partial charge on any atom is 0.369 e. The van der Waals surface area contributed by atoms with Crippen LogP contribution in [0.2, 0.25) is 0 Å². The molecule has 10 nitrogen and oxygen atoms in total. The van der Waals surface area contributed by atoms with E-state index >= 15 is 0 Å². The highest BCUT2D eigenvalue weighted by Crippen LogP contribution is 2.33.